The average molecular weight is 398 g/mol. The highest BCUT2D eigenvalue weighted by Crippen LogP contribution is 2.02. The number of hydrogen-bond donors (Lipinski definition) is 2. The molecule has 0 saturated heterocycles. The molecule has 0 fully saturated rings. The number of carbonyl (C=O) groups is 1. The molecule has 0 heterocycles. The van der Waals surface area contributed by atoms with Gasteiger partial charge in [-0.15, -0.1) is 0 Å². The van der Waals surface area contributed by atoms with Gasteiger partial charge in [-0.25, -0.2) is 8.42 Å². The molecule has 0 spiro atoms. The van der Waals surface area contributed by atoms with Gasteiger partial charge in [0.25, 0.3) is 0 Å². The van der Waals surface area contributed by atoms with Gasteiger partial charge >= 0.3 is 0 Å². The van der Waals surface area contributed by atoms with Crippen molar-refractivity contribution in [2.45, 2.75) is 70.8 Å². The van der Waals surface area contributed by atoms with E-state index >= 15 is 0 Å². The molecule has 0 aliphatic heterocycles. The quantitative estimate of drug-likeness (QED) is 0.321. The summed E-state index contributed by atoms with van der Waals surface area (Å²) in [6, 6.07) is 0. The van der Waals surface area contributed by atoms with Crippen LogP contribution in [0.15, 0.2) is 48.6 Å². The fraction of sp³-hybridized carbons (Fsp3) is 0.571. The van der Waals surface area contributed by atoms with Crippen molar-refractivity contribution in [3.05, 3.63) is 48.6 Å². The second-order valence-corrected chi connectivity index (χ2v) is 8.20. The minimum absolute atomic E-state index is 0.210. The lowest BCUT2D eigenvalue weighted by atomic mass is 10.1. The fourth-order valence-corrected chi connectivity index (χ4v) is 2.73. The van der Waals surface area contributed by atoms with E-state index < -0.39 is 15.9 Å². The Kier molecular flexibility index (Phi) is 15.5. The smallest absolute Gasteiger partial charge is 0.233 e. The Morgan fingerprint density at radius 2 is 1.52 bits per heavy atom. The average Bonchev–Trinajstić information content (AvgIpc) is 2.58. The van der Waals surface area contributed by atoms with Gasteiger partial charge in [-0.3, -0.25) is 9.52 Å². The van der Waals surface area contributed by atoms with E-state index in [0.717, 1.165) is 51.2 Å². The van der Waals surface area contributed by atoms with Gasteiger partial charge in [-0.05, 0) is 38.5 Å². The van der Waals surface area contributed by atoms with E-state index in [-0.39, 0.29) is 12.5 Å². The maximum Gasteiger partial charge on any atom is 0.233 e. The summed E-state index contributed by atoms with van der Waals surface area (Å²) in [5.74, 6) is -0.456. The molecule has 0 aromatic rings. The maximum atomic E-state index is 11.3. The van der Waals surface area contributed by atoms with Gasteiger partial charge in [0.05, 0.1) is 12.4 Å². The molecular weight excluding hydrogens is 362 g/mol. The van der Waals surface area contributed by atoms with Crippen LogP contribution in [0.3, 0.4) is 0 Å². The first-order chi connectivity index (χ1) is 12.8. The van der Waals surface area contributed by atoms with Gasteiger partial charge in [-0.2, -0.15) is 0 Å². The number of carbonyl (C=O) groups excluding carboxylic acids is 1. The highest BCUT2D eigenvalue weighted by molar-refractivity contribution is 7.89. The number of nitrogens with one attached hydrogen (secondary N) is 1. The highest BCUT2D eigenvalue weighted by atomic mass is 32.2. The number of aliphatic hydroxyl groups excluding tert-OH is 1. The molecule has 0 aliphatic carbocycles. The molecule has 0 saturated carbocycles. The third-order valence-electron chi connectivity index (χ3n) is 3.60. The van der Waals surface area contributed by atoms with Gasteiger partial charge in [-0.1, -0.05) is 68.4 Å². The largest absolute Gasteiger partial charge is 0.389 e. The summed E-state index contributed by atoms with van der Waals surface area (Å²) in [5, 5.41) is 9.66. The number of rotatable bonds is 15. The maximum absolute atomic E-state index is 11.3. The topological polar surface area (TPSA) is 83.5 Å². The lowest BCUT2D eigenvalue weighted by molar-refractivity contribution is -0.119. The van der Waals surface area contributed by atoms with Crippen molar-refractivity contribution < 1.29 is 18.3 Å². The van der Waals surface area contributed by atoms with E-state index in [1.54, 1.807) is 0 Å². The van der Waals surface area contributed by atoms with Crippen LogP contribution < -0.4 is 4.72 Å². The molecule has 2 N–H and O–H groups in total. The number of amides is 1. The number of unbranched alkanes of at least 4 members (excludes halogenated alkanes) is 2. The monoisotopic (exact) mass is 397 g/mol. The van der Waals surface area contributed by atoms with Crippen LogP contribution in [-0.4, -0.2) is 31.8 Å². The summed E-state index contributed by atoms with van der Waals surface area (Å²) < 4.78 is 23.7. The molecule has 5 nitrogen and oxygen atoms in total. The summed E-state index contributed by atoms with van der Waals surface area (Å²) in [5.41, 5.74) is 0. The van der Waals surface area contributed by atoms with Gasteiger partial charge in [0.15, 0.2) is 0 Å². The van der Waals surface area contributed by atoms with E-state index in [0.29, 0.717) is 6.42 Å². The van der Waals surface area contributed by atoms with Crippen LogP contribution in [0.2, 0.25) is 0 Å². The lowest BCUT2D eigenvalue weighted by Gasteiger charge is -2.02. The summed E-state index contributed by atoms with van der Waals surface area (Å²) in [6.07, 6.45) is 24.1. The SMILES string of the molecule is CCCCC(O)/C=C/C/C=C\C/C=C/C/C=C/CCCC(=O)NS(C)(=O)=O. The van der Waals surface area contributed by atoms with Crippen molar-refractivity contribution in [1.82, 2.24) is 4.72 Å². The molecule has 1 amide bonds. The van der Waals surface area contributed by atoms with E-state index in [9.17, 15) is 18.3 Å². The summed E-state index contributed by atoms with van der Waals surface area (Å²) >= 11 is 0. The van der Waals surface area contributed by atoms with E-state index in [4.69, 9.17) is 0 Å². The van der Waals surface area contributed by atoms with Crippen LogP contribution in [0.4, 0.5) is 0 Å². The number of allylic oxidation sites excluding steroid dienone is 7. The zero-order valence-electron chi connectivity index (χ0n) is 16.6. The Morgan fingerprint density at radius 1 is 0.963 bits per heavy atom. The standard InChI is InChI=1S/C21H35NO4S/c1-3-4-17-20(23)18-15-13-11-9-7-5-6-8-10-12-14-16-19-21(24)22-27(2,25)26/h5-6,9-12,15,18,20,23H,3-4,7-8,13-14,16-17,19H2,1-2H3,(H,22,24)/b6-5+,11-9-,12-10+,18-15+. The predicted molar refractivity (Wildman–Crippen MR) is 113 cm³/mol. The molecule has 0 aromatic carbocycles. The molecule has 0 bridgehead atoms. The first-order valence-corrected chi connectivity index (χ1v) is 11.5. The normalized spacial score (nSPS) is 14.0. The molecule has 1 unspecified atom stereocenters. The minimum Gasteiger partial charge on any atom is -0.389 e. The first kappa shape index (κ1) is 25.3. The van der Waals surface area contributed by atoms with Crippen LogP contribution in [-0.2, 0) is 14.8 Å². The van der Waals surface area contributed by atoms with Crippen LogP contribution in [0.5, 0.6) is 0 Å². The molecule has 0 rings (SSSR count). The molecule has 154 valence electrons. The van der Waals surface area contributed by atoms with Crippen molar-refractivity contribution in [3.63, 3.8) is 0 Å². The molecule has 6 heteroatoms. The van der Waals surface area contributed by atoms with Crippen LogP contribution in [0.1, 0.15) is 64.7 Å². The zero-order valence-corrected chi connectivity index (χ0v) is 17.5. The molecule has 1 atom stereocenters. The number of aliphatic hydroxyl groups is 1. The Morgan fingerprint density at radius 3 is 2.07 bits per heavy atom. The highest BCUT2D eigenvalue weighted by Gasteiger charge is 2.06. The Bertz CT molecular complexity index is 604. The predicted octanol–water partition coefficient (Wildman–Crippen LogP) is 4.18. The van der Waals surface area contributed by atoms with Crippen LogP contribution >= 0.6 is 0 Å². The fourth-order valence-electron chi connectivity index (χ4n) is 2.22. The van der Waals surface area contributed by atoms with Crippen molar-refractivity contribution in [2.75, 3.05) is 6.26 Å². The lowest BCUT2D eigenvalue weighted by Crippen LogP contribution is -2.28. The second kappa shape index (κ2) is 16.5. The second-order valence-electron chi connectivity index (χ2n) is 6.45. The van der Waals surface area contributed by atoms with E-state index in [1.165, 1.54) is 0 Å². The molecule has 0 aliphatic rings. The van der Waals surface area contributed by atoms with E-state index in [1.807, 2.05) is 29.0 Å². The molecule has 0 aromatic heterocycles. The van der Waals surface area contributed by atoms with Crippen LogP contribution in [0.25, 0.3) is 0 Å². The Hall–Kier alpha value is -1.66. The summed E-state index contributed by atoms with van der Waals surface area (Å²) in [6.45, 7) is 2.12. The summed E-state index contributed by atoms with van der Waals surface area (Å²) in [4.78, 5) is 11.3. The number of hydrogen-bond acceptors (Lipinski definition) is 4. The van der Waals surface area contributed by atoms with Crippen LogP contribution in [0, 0.1) is 0 Å². The Balaban J connectivity index is 3.65. The van der Waals surface area contributed by atoms with Gasteiger partial charge in [0, 0.05) is 6.42 Å². The van der Waals surface area contributed by atoms with Gasteiger partial charge in [0.2, 0.25) is 15.9 Å². The zero-order chi connectivity index (χ0) is 20.4. The van der Waals surface area contributed by atoms with Gasteiger partial charge in [0.1, 0.15) is 0 Å². The summed E-state index contributed by atoms with van der Waals surface area (Å²) in [7, 11) is -3.45. The third-order valence-corrected chi connectivity index (χ3v) is 4.20. The number of sulfonamides is 1. The van der Waals surface area contributed by atoms with Gasteiger partial charge < -0.3 is 5.11 Å². The molecule has 27 heavy (non-hydrogen) atoms. The third kappa shape index (κ3) is 20.5. The first-order valence-electron chi connectivity index (χ1n) is 9.65. The molecule has 0 radical (unpaired) electrons. The molecular formula is C21H35NO4S. The minimum atomic E-state index is -3.45. The van der Waals surface area contributed by atoms with Crippen molar-refractivity contribution >= 4 is 15.9 Å². The Labute approximate surface area is 165 Å². The van der Waals surface area contributed by atoms with E-state index in [2.05, 4.69) is 31.2 Å². The van der Waals surface area contributed by atoms with Crippen molar-refractivity contribution in [3.8, 4) is 0 Å². The van der Waals surface area contributed by atoms with Crippen molar-refractivity contribution in [1.29, 1.82) is 0 Å². The van der Waals surface area contributed by atoms with Crippen molar-refractivity contribution in [2.24, 2.45) is 0 Å².